The van der Waals surface area contributed by atoms with Gasteiger partial charge in [0.25, 0.3) is 0 Å². The lowest BCUT2D eigenvalue weighted by atomic mass is 9.87. The van der Waals surface area contributed by atoms with Crippen molar-refractivity contribution < 1.29 is 14.7 Å². The Morgan fingerprint density at radius 1 is 1.39 bits per heavy atom. The molecule has 0 aliphatic carbocycles. The van der Waals surface area contributed by atoms with E-state index in [0.717, 1.165) is 19.3 Å². The van der Waals surface area contributed by atoms with Crippen molar-refractivity contribution >= 4 is 12.0 Å². The van der Waals surface area contributed by atoms with E-state index in [1.807, 2.05) is 6.92 Å². The van der Waals surface area contributed by atoms with Gasteiger partial charge in [-0.05, 0) is 13.3 Å². The molecule has 1 aliphatic heterocycles. The van der Waals surface area contributed by atoms with Gasteiger partial charge < -0.3 is 15.3 Å². The van der Waals surface area contributed by atoms with Gasteiger partial charge in [0, 0.05) is 25.0 Å². The smallest absolute Gasteiger partial charge is 0.317 e. The highest BCUT2D eigenvalue weighted by Crippen LogP contribution is 2.24. The molecule has 2 amide bonds. The summed E-state index contributed by atoms with van der Waals surface area (Å²) in [5.41, 5.74) is 0. The highest BCUT2D eigenvalue weighted by Gasteiger charge is 2.37. The maximum absolute atomic E-state index is 11.8. The molecular formula is C13H24N2O3. The molecule has 0 saturated carbocycles. The molecule has 5 nitrogen and oxygen atoms in total. The average molecular weight is 256 g/mol. The van der Waals surface area contributed by atoms with Crippen molar-refractivity contribution in [2.45, 2.75) is 46.1 Å². The highest BCUT2D eigenvalue weighted by atomic mass is 16.4. The summed E-state index contributed by atoms with van der Waals surface area (Å²) in [5, 5.41) is 11.8. The third-order valence-electron chi connectivity index (χ3n) is 3.65. The fraction of sp³-hybridized carbons (Fsp3) is 0.846. The van der Waals surface area contributed by atoms with Crippen molar-refractivity contribution in [3.63, 3.8) is 0 Å². The fourth-order valence-electron chi connectivity index (χ4n) is 2.08. The zero-order valence-corrected chi connectivity index (χ0v) is 11.5. The number of aliphatic carboxylic acids is 1. The molecule has 0 radical (unpaired) electrons. The van der Waals surface area contributed by atoms with E-state index in [9.17, 15) is 9.59 Å². The van der Waals surface area contributed by atoms with Crippen LogP contribution in [0.2, 0.25) is 0 Å². The maximum atomic E-state index is 11.8. The molecule has 0 spiro atoms. The third-order valence-corrected chi connectivity index (χ3v) is 3.65. The number of carboxylic acid groups (broad SMARTS) is 1. The van der Waals surface area contributed by atoms with Crippen molar-refractivity contribution in [2.75, 3.05) is 13.1 Å². The number of likely N-dealkylation sites (tertiary alicyclic amines) is 1. The Kier molecular flexibility index (Phi) is 5.44. The number of nitrogens with one attached hydrogen (secondary N) is 1. The first-order valence-electron chi connectivity index (χ1n) is 6.74. The van der Waals surface area contributed by atoms with Crippen LogP contribution in [0.5, 0.6) is 0 Å². The molecule has 18 heavy (non-hydrogen) atoms. The quantitative estimate of drug-likeness (QED) is 0.763. The number of hydrogen-bond acceptors (Lipinski definition) is 2. The number of hydrogen-bond donors (Lipinski definition) is 2. The second-order valence-corrected chi connectivity index (χ2v) is 5.28. The summed E-state index contributed by atoms with van der Waals surface area (Å²) in [6.45, 7) is 6.94. The van der Waals surface area contributed by atoms with Gasteiger partial charge in [-0.25, -0.2) is 4.79 Å². The van der Waals surface area contributed by atoms with Gasteiger partial charge in [-0.2, -0.15) is 0 Å². The summed E-state index contributed by atoms with van der Waals surface area (Å²) < 4.78 is 0. The first-order chi connectivity index (χ1) is 8.45. The molecule has 0 aromatic heterocycles. The number of unbranched alkanes of at least 4 members (excludes halogenated alkanes) is 1. The summed E-state index contributed by atoms with van der Waals surface area (Å²) in [7, 11) is 0. The Bertz CT molecular complexity index is 301. The van der Waals surface area contributed by atoms with Crippen molar-refractivity contribution in [2.24, 2.45) is 11.8 Å². The predicted molar refractivity (Wildman–Crippen MR) is 69.4 cm³/mol. The molecule has 1 rings (SSSR count). The molecule has 2 N–H and O–H groups in total. The molecule has 104 valence electrons. The molecule has 0 aromatic carbocycles. The fourth-order valence-corrected chi connectivity index (χ4v) is 2.08. The van der Waals surface area contributed by atoms with E-state index in [0.29, 0.717) is 13.1 Å². The zero-order chi connectivity index (χ0) is 13.7. The lowest BCUT2D eigenvalue weighted by Gasteiger charge is -2.41. The molecule has 5 heteroatoms. The minimum atomic E-state index is -0.781. The first kappa shape index (κ1) is 14.8. The number of amides is 2. The maximum Gasteiger partial charge on any atom is 0.317 e. The second-order valence-electron chi connectivity index (χ2n) is 5.28. The molecule has 0 bridgehead atoms. The van der Waals surface area contributed by atoms with E-state index in [4.69, 9.17) is 5.11 Å². The summed E-state index contributed by atoms with van der Waals surface area (Å²) >= 11 is 0. The van der Waals surface area contributed by atoms with E-state index >= 15 is 0 Å². The van der Waals surface area contributed by atoms with Gasteiger partial charge in [-0.15, -0.1) is 0 Å². The Balaban J connectivity index is 2.24. The van der Waals surface area contributed by atoms with E-state index in [1.54, 1.807) is 11.8 Å². The number of carboxylic acids is 1. The van der Waals surface area contributed by atoms with Gasteiger partial charge in [0.05, 0.1) is 5.92 Å². The van der Waals surface area contributed by atoms with E-state index < -0.39 is 5.97 Å². The largest absolute Gasteiger partial charge is 0.481 e. The van der Waals surface area contributed by atoms with Gasteiger partial charge in [-0.3, -0.25) is 4.79 Å². The molecule has 1 aliphatic rings. The highest BCUT2D eigenvalue weighted by molar-refractivity contribution is 5.76. The minimum Gasteiger partial charge on any atom is -0.481 e. The second kappa shape index (κ2) is 6.61. The Morgan fingerprint density at radius 2 is 2.00 bits per heavy atom. The molecular weight excluding hydrogens is 232 g/mol. The van der Waals surface area contributed by atoms with Crippen LogP contribution >= 0.6 is 0 Å². The van der Waals surface area contributed by atoms with Crippen LogP contribution in [0.4, 0.5) is 4.79 Å². The molecule has 1 saturated heterocycles. The van der Waals surface area contributed by atoms with E-state index in [1.165, 1.54) is 0 Å². The van der Waals surface area contributed by atoms with E-state index in [-0.39, 0.29) is 23.9 Å². The van der Waals surface area contributed by atoms with Crippen LogP contribution in [0, 0.1) is 11.8 Å². The van der Waals surface area contributed by atoms with Gasteiger partial charge in [0.15, 0.2) is 0 Å². The Labute approximate surface area is 109 Å². The van der Waals surface area contributed by atoms with Crippen LogP contribution in [0.1, 0.15) is 40.0 Å². The molecule has 2 unspecified atom stereocenters. The van der Waals surface area contributed by atoms with Crippen molar-refractivity contribution in [3.8, 4) is 0 Å². The summed E-state index contributed by atoms with van der Waals surface area (Å²) in [6, 6.07) is 0.126. The van der Waals surface area contributed by atoms with E-state index in [2.05, 4.69) is 12.2 Å². The number of rotatable bonds is 6. The summed E-state index contributed by atoms with van der Waals surface area (Å²) in [5.74, 6) is -1.05. The first-order valence-corrected chi connectivity index (χ1v) is 6.74. The van der Waals surface area contributed by atoms with Gasteiger partial charge in [-0.1, -0.05) is 26.7 Å². The van der Waals surface area contributed by atoms with Crippen LogP contribution in [0.15, 0.2) is 0 Å². The van der Waals surface area contributed by atoms with Crippen molar-refractivity contribution in [1.29, 1.82) is 0 Å². The van der Waals surface area contributed by atoms with Gasteiger partial charge in [0.2, 0.25) is 0 Å². The monoisotopic (exact) mass is 256 g/mol. The van der Waals surface area contributed by atoms with Crippen LogP contribution in [0.3, 0.4) is 0 Å². The van der Waals surface area contributed by atoms with Gasteiger partial charge in [0.1, 0.15) is 0 Å². The van der Waals surface area contributed by atoms with Gasteiger partial charge >= 0.3 is 12.0 Å². The molecule has 2 atom stereocenters. The predicted octanol–water partition coefficient (Wildman–Crippen LogP) is 1.93. The summed E-state index contributed by atoms with van der Waals surface area (Å²) in [4.78, 5) is 24.3. The number of carbonyl (C=O) groups is 2. The zero-order valence-electron chi connectivity index (χ0n) is 11.5. The number of urea groups is 1. The lowest BCUT2D eigenvalue weighted by molar-refractivity contribution is -0.144. The van der Waals surface area contributed by atoms with Crippen LogP contribution < -0.4 is 5.32 Å². The molecule has 1 fully saturated rings. The van der Waals surface area contributed by atoms with Crippen molar-refractivity contribution in [3.05, 3.63) is 0 Å². The minimum absolute atomic E-state index is 0.0626. The molecule has 1 heterocycles. The Morgan fingerprint density at radius 3 is 2.50 bits per heavy atom. The summed E-state index contributed by atoms with van der Waals surface area (Å²) in [6.07, 6.45) is 3.23. The van der Waals surface area contributed by atoms with Crippen LogP contribution in [0.25, 0.3) is 0 Å². The lowest BCUT2D eigenvalue weighted by Crippen LogP contribution is -2.57. The number of carbonyl (C=O) groups excluding carboxylic acids is 1. The van der Waals surface area contributed by atoms with Crippen LogP contribution in [-0.2, 0) is 4.79 Å². The normalized spacial score (nSPS) is 18.9. The average Bonchev–Trinajstić information content (AvgIpc) is 2.23. The van der Waals surface area contributed by atoms with Crippen LogP contribution in [-0.4, -0.2) is 41.1 Å². The SMILES string of the molecule is CCCCC(C)NC(=O)N1CC(C(C)C(=O)O)C1. The van der Waals surface area contributed by atoms with Crippen molar-refractivity contribution in [1.82, 2.24) is 10.2 Å². The Hall–Kier alpha value is -1.26. The number of nitrogens with zero attached hydrogens (tertiary/aromatic N) is 1. The topological polar surface area (TPSA) is 69.6 Å². The standard InChI is InChI=1S/C13H24N2O3/c1-4-5-6-9(2)14-13(18)15-7-11(8-15)10(3)12(16)17/h9-11H,4-8H2,1-3H3,(H,14,18)(H,16,17). The third kappa shape index (κ3) is 3.89. The molecule has 0 aromatic rings.